The van der Waals surface area contributed by atoms with Gasteiger partial charge in [0.2, 0.25) is 0 Å². The second kappa shape index (κ2) is 8.86. The Balaban J connectivity index is 3.06. The molecule has 122 valence electrons. The Morgan fingerprint density at radius 2 is 1.81 bits per heavy atom. The normalized spacial score (nSPS) is 13.9. The van der Waals surface area contributed by atoms with Crippen LogP contribution in [0.15, 0.2) is 5.38 Å². The summed E-state index contributed by atoms with van der Waals surface area (Å²) in [5.41, 5.74) is 1.37. The van der Waals surface area contributed by atoms with Crippen molar-refractivity contribution in [1.29, 1.82) is 0 Å². The molecule has 0 amide bonds. The zero-order chi connectivity index (χ0) is 15.9. The van der Waals surface area contributed by atoms with Gasteiger partial charge in [0.05, 0.1) is 5.01 Å². The Hall–Kier alpha value is -0.450. The number of nitrogens with zero attached hydrogens (tertiary/aromatic N) is 2. The van der Waals surface area contributed by atoms with Crippen molar-refractivity contribution >= 4 is 11.3 Å². The molecule has 1 rings (SSSR count). The molecule has 4 heteroatoms. The fraction of sp³-hybridized carbons (Fsp3) is 0.824. The van der Waals surface area contributed by atoms with Crippen molar-refractivity contribution in [3.05, 3.63) is 16.1 Å². The van der Waals surface area contributed by atoms with E-state index in [9.17, 15) is 0 Å². The largest absolute Gasteiger partial charge is 0.312 e. The van der Waals surface area contributed by atoms with Crippen LogP contribution in [0.1, 0.15) is 58.2 Å². The van der Waals surface area contributed by atoms with E-state index in [1.165, 1.54) is 17.8 Å². The van der Waals surface area contributed by atoms with E-state index in [2.05, 4.69) is 62.1 Å². The van der Waals surface area contributed by atoms with Gasteiger partial charge in [-0.1, -0.05) is 34.6 Å². The number of aromatic nitrogens is 1. The topological polar surface area (TPSA) is 28.2 Å². The second-order valence-corrected chi connectivity index (χ2v) is 6.62. The lowest BCUT2D eigenvalue weighted by Crippen LogP contribution is -2.61. The van der Waals surface area contributed by atoms with Gasteiger partial charge in [0.15, 0.2) is 0 Å². The van der Waals surface area contributed by atoms with E-state index in [1.807, 2.05) is 0 Å². The standard InChI is InChI=1S/C17H33N3S/c1-7-17(8-2,20(10-4)11-5)15(18-9-3)12-16-19-14(6)13-21-16/h13,15,18H,7-12H2,1-6H3. The van der Waals surface area contributed by atoms with E-state index < -0.39 is 0 Å². The van der Waals surface area contributed by atoms with Crippen LogP contribution in [0.25, 0.3) is 0 Å². The van der Waals surface area contributed by atoms with Crippen LogP contribution < -0.4 is 5.32 Å². The van der Waals surface area contributed by atoms with Gasteiger partial charge in [-0.2, -0.15) is 0 Å². The molecule has 0 spiro atoms. The predicted octanol–water partition coefficient (Wildman–Crippen LogP) is 3.87. The average molecular weight is 312 g/mol. The molecule has 1 heterocycles. The molecule has 0 aliphatic carbocycles. The van der Waals surface area contributed by atoms with Gasteiger partial charge in [-0.3, -0.25) is 4.90 Å². The molecule has 0 fully saturated rings. The third-order valence-electron chi connectivity index (χ3n) is 4.76. The molecule has 0 bridgehead atoms. The molecular weight excluding hydrogens is 278 g/mol. The third-order valence-corrected chi connectivity index (χ3v) is 5.75. The maximum atomic E-state index is 4.69. The molecule has 1 N–H and O–H groups in total. The van der Waals surface area contributed by atoms with E-state index in [1.54, 1.807) is 11.3 Å². The first-order valence-electron chi connectivity index (χ1n) is 8.47. The number of thiazole rings is 1. The summed E-state index contributed by atoms with van der Waals surface area (Å²) < 4.78 is 0. The predicted molar refractivity (Wildman–Crippen MR) is 94.3 cm³/mol. The summed E-state index contributed by atoms with van der Waals surface area (Å²) in [6.07, 6.45) is 3.38. The van der Waals surface area contributed by atoms with Gasteiger partial charge in [-0.25, -0.2) is 4.98 Å². The molecule has 0 aliphatic heterocycles. The summed E-state index contributed by atoms with van der Waals surface area (Å²) >= 11 is 1.80. The van der Waals surface area contributed by atoms with Gasteiger partial charge < -0.3 is 5.32 Å². The molecule has 0 saturated heterocycles. The first kappa shape index (κ1) is 18.6. The Bertz CT molecular complexity index is 394. The highest BCUT2D eigenvalue weighted by molar-refractivity contribution is 7.09. The Morgan fingerprint density at radius 1 is 1.19 bits per heavy atom. The van der Waals surface area contributed by atoms with Crippen LogP contribution in [0, 0.1) is 6.92 Å². The molecule has 0 aromatic carbocycles. The molecule has 1 unspecified atom stereocenters. The maximum Gasteiger partial charge on any atom is 0.0944 e. The van der Waals surface area contributed by atoms with Crippen LogP contribution in [-0.2, 0) is 6.42 Å². The van der Waals surface area contributed by atoms with Crippen LogP contribution in [0.3, 0.4) is 0 Å². The quantitative estimate of drug-likeness (QED) is 0.711. The molecule has 1 aromatic rings. The van der Waals surface area contributed by atoms with E-state index in [0.717, 1.165) is 31.7 Å². The summed E-state index contributed by atoms with van der Waals surface area (Å²) in [6.45, 7) is 16.7. The zero-order valence-corrected chi connectivity index (χ0v) is 15.5. The van der Waals surface area contributed by atoms with Crippen LogP contribution in [0.5, 0.6) is 0 Å². The minimum absolute atomic E-state index is 0.221. The van der Waals surface area contributed by atoms with Crippen LogP contribution >= 0.6 is 11.3 Å². The van der Waals surface area contributed by atoms with Gasteiger partial charge in [0, 0.05) is 29.1 Å². The number of nitrogens with one attached hydrogen (secondary N) is 1. The summed E-state index contributed by atoms with van der Waals surface area (Å²) in [5, 5.41) is 7.18. The van der Waals surface area contributed by atoms with Gasteiger partial charge in [0.25, 0.3) is 0 Å². The fourth-order valence-electron chi connectivity index (χ4n) is 3.63. The molecule has 1 atom stereocenters. The van der Waals surface area contributed by atoms with Gasteiger partial charge in [0.1, 0.15) is 0 Å². The lowest BCUT2D eigenvalue weighted by molar-refractivity contribution is 0.0498. The molecule has 21 heavy (non-hydrogen) atoms. The Kier molecular flexibility index (Phi) is 7.85. The highest BCUT2D eigenvalue weighted by Gasteiger charge is 2.39. The minimum atomic E-state index is 0.221. The number of aryl methyl sites for hydroxylation is 1. The summed E-state index contributed by atoms with van der Waals surface area (Å²) in [5.74, 6) is 0. The van der Waals surface area contributed by atoms with Crippen LogP contribution in [-0.4, -0.2) is 41.1 Å². The monoisotopic (exact) mass is 311 g/mol. The zero-order valence-electron chi connectivity index (χ0n) is 14.7. The SMILES string of the molecule is CCNC(Cc1nc(C)cs1)C(CC)(CC)N(CC)CC. The van der Waals surface area contributed by atoms with E-state index >= 15 is 0 Å². The first-order chi connectivity index (χ1) is 10.1. The van der Waals surface area contributed by atoms with Gasteiger partial charge >= 0.3 is 0 Å². The molecule has 1 aromatic heterocycles. The Labute approximate surface area is 135 Å². The average Bonchev–Trinajstić information content (AvgIpc) is 2.90. The molecule has 3 nitrogen and oxygen atoms in total. The van der Waals surface area contributed by atoms with Crippen molar-refractivity contribution in [1.82, 2.24) is 15.2 Å². The molecule has 0 aliphatic rings. The van der Waals surface area contributed by atoms with Crippen molar-refractivity contribution in [2.45, 2.75) is 72.4 Å². The number of hydrogen-bond acceptors (Lipinski definition) is 4. The van der Waals surface area contributed by atoms with E-state index in [4.69, 9.17) is 0 Å². The van der Waals surface area contributed by atoms with Crippen LogP contribution in [0.4, 0.5) is 0 Å². The van der Waals surface area contributed by atoms with Crippen LogP contribution in [0.2, 0.25) is 0 Å². The van der Waals surface area contributed by atoms with E-state index in [0.29, 0.717) is 6.04 Å². The van der Waals surface area contributed by atoms with Crippen molar-refractivity contribution in [2.75, 3.05) is 19.6 Å². The number of hydrogen-bond donors (Lipinski definition) is 1. The second-order valence-electron chi connectivity index (χ2n) is 5.68. The van der Waals surface area contributed by atoms with Gasteiger partial charge in [-0.15, -0.1) is 11.3 Å². The summed E-state index contributed by atoms with van der Waals surface area (Å²) in [6, 6.07) is 0.461. The van der Waals surface area contributed by atoms with Crippen molar-refractivity contribution in [3.8, 4) is 0 Å². The highest BCUT2D eigenvalue weighted by atomic mass is 32.1. The van der Waals surface area contributed by atoms with Crippen molar-refractivity contribution < 1.29 is 0 Å². The lowest BCUT2D eigenvalue weighted by Gasteiger charge is -2.48. The summed E-state index contributed by atoms with van der Waals surface area (Å²) in [7, 11) is 0. The fourth-order valence-corrected chi connectivity index (χ4v) is 4.45. The molecule has 0 saturated carbocycles. The highest BCUT2D eigenvalue weighted by Crippen LogP contribution is 2.30. The first-order valence-corrected chi connectivity index (χ1v) is 9.35. The summed E-state index contributed by atoms with van der Waals surface area (Å²) in [4.78, 5) is 7.33. The minimum Gasteiger partial charge on any atom is -0.312 e. The smallest absolute Gasteiger partial charge is 0.0944 e. The van der Waals surface area contributed by atoms with Gasteiger partial charge in [-0.05, 0) is 39.4 Å². The molecule has 0 radical (unpaired) electrons. The maximum absolute atomic E-state index is 4.69. The number of rotatable bonds is 10. The Morgan fingerprint density at radius 3 is 2.19 bits per heavy atom. The van der Waals surface area contributed by atoms with Crippen molar-refractivity contribution in [2.24, 2.45) is 0 Å². The lowest BCUT2D eigenvalue weighted by atomic mass is 9.80. The number of likely N-dealkylation sites (N-methyl/N-ethyl adjacent to an activating group) is 2. The van der Waals surface area contributed by atoms with Crippen molar-refractivity contribution in [3.63, 3.8) is 0 Å². The molecular formula is C17H33N3S. The van der Waals surface area contributed by atoms with E-state index in [-0.39, 0.29) is 5.54 Å². The third kappa shape index (κ3) is 4.27.